The van der Waals surface area contributed by atoms with Crippen molar-refractivity contribution in [3.63, 3.8) is 0 Å². The zero-order valence-electron chi connectivity index (χ0n) is 11.4. The smallest absolute Gasteiger partial charge is 0.293 e. The largest absolute Gasteiger partial charge is 0.335 e. The number of amides is 2. The van der Waals surface area contributed by atoms with E-state index in [0.29, 0.717) is 11.4 Å². The Morgan fingerprint density at radius 3 is 2.76 bits per heavy atom. The molecule has 0 saturated carbocycles. The second-order valence-corrected chi connectivity index (χ2v) is 5.67. The summed E-state index contributed by atoms with van der Waals surface area (Å²) < 4.78 is 1.96. The minimum Gasteiger partial charge on any atom is -0.335 e. The number of aromatic nitrogens is 1. The molecule has 0 unspecified atom stereocenters. The number of hydrogen-bond acceptors (Lipinski definition) is 3. The van der Waals surface area contributed by atoms with E-state index in [4.69, 9.17) is 6.42 Å². The summed E-state index contributed by atoms with van der Waals surface area (Å²) in [5.41, 5.74) is 1.90. The van der Waals surface area contributed by atoms with Gasteiger partial charge in [0.2, 0.25) is 0 Å². The molecule has 0 bridgehead atoms. The lowest BCUT2D eigenvalue weighted by atomic mass is 10.1. The zero-order valence-corrected chi connectivity index (χ0v) is 12.2. The molecule has 2 amide bonds. The summed E-state index contributed by atoms with van der Waals surface area (Å²) in [4.78, 5) is 25.1. The van der Waals surface area contributed by atoms with E-state index in [1.165, 1.54) is 7.05 Å². The second kappa shape index (κ2) is 5.15. The van der Waals surface area contributed by atoms with Crippen molar-refractivity contribution in [3.05, 3.63) is 40.9 Å². The fraction of sp³-hybridized carbons (Fsp3) is 0.125. The number of carbonyl (C=O) groups is 2. The minimum absolute atomic E-state index is 0.251. The molecule has 2 heterocycles. The van der Waals surface area contributed by atoms with Crippen LogP contribution in [0.15, 0.2) is 35.4 Å². The van der Waals surface area contributed by atoms with Crippen LogP contribution in [0.4, 0.5) is 4.79 Å². The molecule has 4 nitrogen and oxygen atoms in total. The number of para-hydroxylation sites is 1. The Morgan fingerprint density at radius 1 is 1.33 bits per heavy atom. The maximum Gasteiger partial charge on any atom is 0.293 e. The van der Waals surface area contributed by atoms with Crippen molar-refractivity contribution in [2.75, 3.05) is 7.05 Å². The average Bonchev–Trinajstić information content (AvgIpc) is 2.94. The number of nitrogens with zero attached hydrogens (tertiary/aromatic N) is 2. The van der Waals surface area contributed by atoms with Gasteiger partial charge < -0.3 is 4.57 Å². The molecule has 1 aliphatic rings. The van der Waals surface area contributed by atoms with Gasteiger partial charge in [-0.25, -0.2) is 0 Å². The number of likely N-dealkylation sites (N-methyl/N-ethyl adjacent to an activating group) is 1. The number of imide groups is 1. The second-order valence-electron chi connectivity index (χ2n) is 4.67. The zero-order chi connectivity index (χ0) is 15.0. The van der Waals surface area contributed by atoms with Crippen LogP contribution in [0.3, 0.4) is 0 Å². The molecule has 3 rings (SSSR count). The first-order valence-corrected chi connectivity index (χ1v) is 7.16. The fourth-order valence-corrected chi connectivity index (χ4v) is 3.12. The number of rotatable bonds is 2. The summed E-state index contributed by atoms with van der Waals surface area (Å²) in [6.45, 7) is 0.462. The normalized spacial score (nSPS) is 17.0. The summed E-state index contributed by atoms with van der Waals surface area (Å²) in [7, 11) is 1.49. The van der Waals surface area contributed by atoms with Gasteiger partial charge in [0.25, 0.3) is 11.1 Å². The number of terminal acetylenes is 1. The van der Waals surface area contributed by atoms with Crippen LogP contribution in [0.2, 0.25) is 0 Å². The van der Waals surface area contributed by atoms with Crippen LogP contribution >= 0.6 is 11.8 Å². The Labute approximate surface area is 126 Å². The van der Waals surface area contributed by atoms with Crippen molar-refractivity contribution < 1.29 is 9.59 Å². The minimum atomic E-state index is -0.265. The third-order valence-electron chi connectivity index (χ3n) is 3.35. The Kier molecular flexibility index (Phi) is 3.32. The Hall–Kier alpha value is -2.45. The van der Waals surface area contributed by atoms with Crippen LogP contribution in [0.5, 0.6) is 0 Å². The Balaban J connectivity index is 2.12. The molecule has 0 aliphatic carbocycles. The van der Waals surface area contributed by atoms with Gasteiger partial charge in [0, 0.05) is 29.7 Å². The maximum absolute atomic E-state index is 12.0. The number of carbonyl (C=O) groups excluding carboxylic acids is 2. The lowest BCUT2D eigenvalue weighted by molar-refractivity contribution is -0.121. The standard InChI is InChI=1S/C16H12N2O2S/c1-3-8-18-10-11(12-6-4-5-7-13(12)18)9-14-15(19)17(2)16(20)21-14/h1,4-7,9-10H,8H2,2H3. The summed E-state index contributed by atoms with van der Waals surface area (Å²) in [5.74, 6) is 2.35. The van der Waals surface area contributed by atoms with E-state index in [1.807, 2.05) is 35.0 Å². The maximum atomic E-state index is 12.0. The monoisotopic (exact) mass is 296 g/mol. The van der Waals surface area contributed by atoms with E-state index in [0.717, 1.165) is 33.1 Å². The van der Waals surface area contributed by atoms with Gasteiger partial charge in [-0.1, -0.05) is 24.1 Å². The fourth-order valence-electron chi connectivity index (χ4n) is 2.31. The third kappa shape index (κ3) is 2.24. The van der Waals surface area contributed by atoms with Gasteiger partial charge >= 0.3 is 0 Å². The van der Waals surface area contributed by atoms with E-state index in [9.17, 15) is 9.59 Å². The highest BCUT2D eigenvalue weighted by Crippen LogP contribution is 2.33. The van der Waals surface area contributed by atoms with E-state index in [2.05, 4.69) is 5.92 Å². The van der Waals surface area contributed by atoms with E-state index in [-0.39, 0.29) is 11.1 Å². The van der Waals surface area contributed by atoms with Gasteiger partial charge in [0.15, 0.2) is 0 Å². The quantitative estimate of drug-likeness (QED) is 0.632. The molecule has 1 aliphatic heterocycles. The molecule has 1 aromatic carbocycles. The van der Waals surface area contributed by atoms with Gasteiger partial charge in [-0.05, 0) is 23.9 Å². The van der Waals surface area contributed by atoms with Crippen LogP contribution in [0, 0.1) is 12.3 Å². The lowest BCUT2D eigenvalue weighted by Gasteiger charge is -2.00. The number of hydrogen-bond donors (Lipinski definition) is 0. The van der Waals surface area contributed by atoms with Gasteiger partial charge in [0.05, 0.1) is 11.4 Å². The highest BCUT2D eigenvalue weighted by atomic mass is 32.2. The molecule has 5 heteroatoms. The van der Waals surface area contributed by atoms with Crippen molar-refractivity contribution in [1.82, 2.24) is 9.47 Å². The van der Waals surface area contributed by atoms with Gasteiger partial charge in [-0.3, -0.25) is 14.5 Å². The summed E-state index contributed by atoms with van der Waals surface area (Å²) >= 11 is 0.957. The molecule has 1 fully saturated rings. The van der Waals surface area contributed by atoms with Gasteiger partial charge in [0.1, 0.15) is 0 Å². The van der Waals surface area contributed by atoms with Crippen LogP contribution in [-0.2, 0) is 11.3 Å². The SMILES string of the molecule is C#CCn1cc(C=C2SC(=O)N(C)C2=O)c2ccccc21. The summed E-state index contributed by atoms with van der Waals surface area (Å²) in [6, 6.07) is 7.84. The molecule has 1 saturated heterocycles. The molecule has 1 aromatic heterocycles. The van der Waals surface area contributed by atoms with E-state index >= 15 is 0 Å². The average molecular weight is 296 g/mol. The number of thioether (sulfide) groups is 1. The number of benzene rings is 1. The number of fused-ring (bicyclic) bond motifs is 1. The third-order valence-corrected chi connectivity index (χ3v) is 4.32. The van der Waals surface area contributed by atoms with Crippen molar-refractivity contribution >= 4 is 39.9 Å². The predicted molar refractivity (Wildman–Crippen MR) is 84.5 cm³/mol. The summed E-state index contributed by atoms with van der Waals surface area (Å²) in [5, 5.41) is 0.759. The van der Waals surface area contributed by atoms with Crippen molar-refractivity contribution in [2.24, 2.45) is 0 Å². The topological polar surface area (TPSA) is 42.3 Å². The molecule has 0 atom stereocenters. The molecule has 21 heavy (non-hydrogen) atoms. The van der Waals surface area contributed by atoms with E-state index in [1.54, 1.807) is 6.08 Å². The van der Waals surface area contributed by atoms with Crippen molar-refractivity contribution in [3.8, 4) is 12.3 Å². The summed E-state index contributed by atoms with van der Waals surface area (Å²) in [6.07, 6.45) is 9.05. The van der Waals surface area contributed by atoms with Gasteiger partial charge in [-0.2, -0.15) is 0 Å². The molecule has 0 radical (unpaired) electrons. The first-order valence-electron chi connectivity index (χ1n) is 6.34. The highest BCUT2D eigenvalue weighted by molar-refractivity contribution is 8.18. The molecule has 0 spiro atoms. The molecular formula is C16H12N2O2S. The van der Waals surface area contributed by atoms with E-state index < -0.39 is 0 Å². The first kappa shape index (κ1) is 13.5. The van der Waals surface area contributed by atoms with Crippen molar-refractivity contribution in [2.45, 2.75) is 6.54 Å². The molecule has 2 aromatic rings. The van der Waals surface area contributed by atoms with Gasteiger partial charge in [-0.15, -0.1) is 6.42 Å². The lowest BCUT2D eigenvalue weighted by Crippen LogP contribution is -2.22. The Morgan fingerprint density at radius 2 is 2.10 bits per heavy atom. The van der Waals surface area contributed by atoms with Crippen LogP contribution in [0.25, 0.3) is 17.0 Å². The molecule has 104 valence electrons. The van der Waals surface area contributed by atoms with Crippen LogP contribution < -0.4 is 0 Å². The highest BCUT2D eigenvalue weighted by Gasteiger charge is 2.31. The Bertz CT molecular complexity index is 826. The van der Waals surface area contributed by atoms with Crippen molar-refractivity contribution in [1.29, 1.82) is 0 Å². The van der Waals surface area contributed by atoms with Crippen LogP contribution in [-0.4, -0.2) is 27.7 Å². The first-order chi connectivity index (χ1) is 10.1. The molecular weight excluding hydrogens is 284 g/mol. The van der Waals surface area contributed by atoms with Crippen LogP contribution in [0.1, 0.15) is 5.56 Å². The molecule has 0 N–H and O–H groups in total. The predicted octanol–water partition coefficient (Wildman–Crippen LogP) is 2.94.